The molecule has 21 heavy (non-hydrogen) atoms. The van der Waals surface area contributed by atoms with Crippen LogP contribution in [-0.4, -0.2) is 32.4 Å². The summed E-state index contributed by atoms with van der Waals surface area (Å²) in [5, 5.41) is 3.07. The van der Waals surface area contributed by atoms with Gasteiger partial charge in [0.15, 0.2) is 0 Å². The molecule has 2 rings (SSSR count). The van der Waals surface area contributed by atoms with Gasteiger partial charge in [-0.3, -0.25) is 0 Å². The molecule has 6 heteroatoms. The van der Waals surface area contributed by atoms with Crippen molar-refractivity contribution in [3.05, 3.63) is 27.7 Å². The second-order valence-electron chi connectivity index (χ2n) is 6.00. The summed E-state index contributed by atoms with van der Waals surface area (Å²) < 4.78 is 28.5. The van der Waals surface area contributed by atoms with Crippen molar-refractivity contribution in [3.63, 3.8) is 0 Å². The molecule has 0 spiro atoms. The van der Waals surface area contributed by atoms with Crippen LogP contribution in [0.25, 0.3) is 0 Å². The Bertz CT molecular complexity index is 631. The normalized spacial score (nSPS) is 23.7. The molecule has 0 aliphatic carbocycles. The Balaban J connectivity index is 2.49. The van der Waals surface area contributed by atoms with E-state index in [0.717, 1.165) is 22.0 Å². The summed E-state index contributed by atoms with van der Waals surface area (Å²) in [7, 11) is -1.59. The fraction of sp³-hybridized carbons (Fsp3) is 0.600. The molecule has 1 saturated heterocycles. The minimum Gasteiger partial charge on any atom is -0.316 e. The van der Waals surface area contributed by atoms with Crippen LogP contribution in [0.5, 0.6) is 0 Å². The van der Waals surface area contributed by atoms with E-state index in [1.54, 1.807) is 10.4 Å². The molecule has 0 amide bonds. The first-order chi connectivity index (χ1) is 9.77. The fourth-order valence-electron chi connectivity index (χ4n) is 3.00. The van der Waals surface area contributed by atoms with Gasteiger partial charge in [0.2, 0.25) is 10.0 Å². The van der Waals surface area contributed by atoms with E-state index in [2.05, 4.69) is 28.2 Å². The van der Waals surface area contributed by atoms with Crippen LogP contribution in [0.15, 0.2) is 21.5 Å². The van der Waals surface area contributed by atoms with Crippen molar-refractivity contribution in [3.8, 4) is 0 Å². The van der Waals surface area contributed by atoms with Gasteiger partial charge in [-0.15, -0.1) is 0 Å². The molecule has 1 aromatic carbocycles. The van der Waals surface area contributed by atoms with Crippen LogP contribution in [0.1, 0.15) is 31.4 Å². The Kier molecular flexibility index (Phi) is 5.13. The highest BCUT2D eigenvalue weighted by Gasteiger charge is 2.37. The van der Waals surface area contributed by atoms with Crippen molar-refractivity contribution >= 4 is 26.0 Å². The van der Waals surface area contributed by atoms with Crippen LogP contribution in [0.2, 0.25) is 0 Å². The van der Waals surface area contributed by atoms with Gasteiger partial charge in [0.25, 0.3) is 0 Å². The predicted molar refractivity (Wildman–Crippen MR) is 88.8 cm³/mol. The molecule has 1 fully saturated rings. The number of sulfonamides is 1. The lowest BCUT2D eigenvalue weighted by atomic mass is 10.1. The summed E-state index contributed by atoms with van der Waals surface area (Å²) in [5.74, 6) is 0.416. The lowest BCUT2D eigenvalue weighted by Gasteiger charge is -2.23. The third-order valence-electron chi connectivity index (χ3n) is 4.05. The third kappa shape index (κ3) is 3.33. The largest absolute Gasteiger partial charge is 0.316 e. The second-order valence-corrected chi connectivity index (χ2v) is 8.71. The molecule has 0 saturated carbocycles. The Hall–Kier alpha value is -0.430. The van der Waals surface area contributed by atoms with Crippen molar-refractivity contribution in [2.45, 2.75) is 44.7 Å². The molecular weight excluding hydrogens is 352 g/mol. The van der Waals surface area contributed by atoms with Crippen LogP contribution in [0.3, 0.4) is 0 Å². The Morgan fingerprint density at radius 1 is 1.38 bits per heavy atom. The van der Waals surface area contributed by atoms with Crippen molar-refractivity contribution < 1.29 is 8.42 Å². The second kappa shape index (κ2) is 6.36. The topological polar surface area (TPSA) is 49.4 Å². The third-order valence-corrected chi connectivity index (χ3v) is 6.98. The number of hydrogen-bond donors (Lipinski definition) is 1. The van der Waals surface area contributed by atoms with E-state index in [1.165, 1.54) is 0 Å². The highest BCUT2D eigenvalue weighted by molar-refractivity contribution is 9.10. The van der Waals surface area contributed by atoms with E-state index < -0.39 is 10.0 Å². The van der Waals surface area contributed by atoms with Crippen LogP contribution < -0.4 is 5.32 Å². The van der Waals surface area contributed by atoms with E-state index in [4.69, 9.17) is 0 Å². The van der Waals surface area contributed by atoms with Gasteiger partial charge < -0.3 is 5.32 Å². The molecule has 0 aromatic heterocycles. The molecule has 1 aliphatic heterocycles. The summed E-state index contributed by atoms with van der Waals surface area (Å²) in [6.07, 6.45) is 0.926. The molecular formula is C15H23BrN2O2S. The molecule has 1 aromatic rings. The first-order valence-corrected chi connectivity index (χ1v) is 9.46. The number of halogens is 1. The Morgan fingerprint density at radius 2 is 2.05 bits per heavy atom. The SMILES string of the molecule is CNCc1cc(Br)c(C)c(S(=O)(=O)N2CC(C)CC2C)c1. The minimum absolute atomic E-state index is 0.0659. The number of nitrogens with zero attached hydrogens (tertiary/aromatic N) is 1. The summed E-state index contributed by atoms with van der Waals surface area (Å²) in [6, 6.07) is 3.83. The van der Waals surface area contributed by atoms with E-state index >= 15 is 0 Å². The van der Waals surface area contributed by atoms with Gasteiger partial charge in [0, 0.05) is 23.6 Å². The van der Waals surface area contributed by atoms with E-state index in [-0.39, 0.29) is 6.04 Å². The number of hydrogen-bond acceptors (Lipinski definition) is 3. The van der Waals surface area contributed by atoms with Gasteiger partial charge in [0.05, 0.1) is 4.90 Å². The van der Waals surface area contributed by atoms with Gasteiger partial charge in [0.1, 0.15) is 0 Å². The van der Waals surface area contributed by atoms with Crippen molar-refractivity contribution in [1.82, 2.24) is 9.62 Å². The molecule has 4 nitrogen and oxygen atoms in total. The van der Waals surface area contributed by atoms with Gasteiger partial charge in [-0.05, 0) is 56.5 Å². The fourth-order valence-corrected chi connectivity index (χ4v) is 5.70. The number of benzene rings is 1. The molecule has 1 aliphatic rings. The average Bonchev–Trinajstić information content (AvgIpc) is 2.73. The monoisotopic (exact) mass is 374 g/mol. The number of rotatable bonds is 4. The van der Waals surface area contributed by atoms with Crippen molar-refractivity contribution in [2.24, 2.45) is 5.92 Å². The molecule has 2 unspecified atom stereocenters. The Labute approximate surface area is 136 Å². The first kappa shape index (κ1) is 16.9. The van der Waals surface area contributed by atoms with Gasteiger partial charge in [-0.25, -0.2) is 8.42 Å². The van der Waals surface area contributed by atoms with Gasteiger partial charge in [-0.2, -0.15) is 4.31 Å². The Morgan fingerprint density at radius 3 is 2.57 bits per heavy atom. The summed E-state index contributed by atoms with van der Waals surface area (Å²) >= 11 is 3.48. The smallest absolute Gasteiger partial charge is 0.243 e. The quantitative estimate of drug-likeness (QED) is 0.881. The van der Waals surface area contributed by atoms with E-state index in [0.29, 0.717) is 23.9 Å². The zero-order valence-corrected chi connectivity index (χ0v) is 15.4. The van der Waals surface area contributed by atoms with Gasteiger partial charge in [-0.1, -0.05) is 22.9 Å². The van der Waals surface area contributed by atoms with Crippen LogP contribution in [-0.2, 0) is 16.6 Å². The molecule has 2 atom stereocenters. The van der Waals surface area contributed by atoms with E-state index in [1.807, 2.05) is 27.0 Å². The standard InChI is InChI=1S/C15H23BrN2O2S/c1-10-5-11(2)18(9-10)21(19,20)15-7-13(8-17-4)6-14(16)12(15)3/h6-7,10-11,17H,5,8-9H2,1-4H3. The van der Waals surface area contributed by atoms with E-state index in [9.17, 15) is 8.42 Å². The van der Waals surface area contributed by atoms with Crippen LogP contribution in [0.4, 0.5) is 0 Å². The minimum atomic E-state index is -3.44. The van der Waals surface area contributed by atoms with Gasteiger partial charge >= 0.3 is 0 Å². The summed E-state index contributed by atoms with van der Waals surface area (Å²) in [5.41, 5.74) is 1.75. The average molecular weight is 375 g/mol. The maximum atomic E-state index is 13.0. The summed E-state index contributed by atoms with van der Waals surface area (Å²) in [6.45, 7) is 7.20. The maximum Gasteiger partial charge on any atom is 0.243 e. The zero-order chi connectivity index (χ0) is 15.8. The van der Waals surface area contributed by atoms with Crippen molar-refractivity contribution in [1.29, 1.82) is 0 Å². The maximum absolute atomic E-state index is 13.0. The highest BCUT2D eigenvalue weighted by Crippen LogP contribution is 2.33. The molecule has 1 heterocycles. The molecule has 0 radical (unpaired) electrons. The first-order valence-electron chi connectivity index (χ1n) is 7.22. The van der Waals surface area contributed by atoms with Crippen LogP contribution >= 0.6 is 15.9 Å². The summed E-state index contributed by atoms with van der Waals surface area (Å²) in [4.78, 5) is 0.420. The predicted octanol–water partition coefficient (Wildman–Crippen LogP) is 2.90. The van der Waals surface area contributed by atoms with Crippen molar-refractivity contribution in [2.75, 3.05) is 13.6 Å². The number of nitrogens with one attached hydrogen (secondary N) is 1. The molecule has 0 bridgehead atoms. The zero-order valence-electron chi connectivity index (χ0n) is 13.0. The molecule has 118 valence electrons. The van der Waals surface area contributed by atoms with Crippen LogP contribution in [0, 0.1) is 12.8 Å². The lowest BCUT2D eigenvalue weighted by molar-refractivity contribution is 0.405. The lowest BCUT2D eigenvalue weighted by Crippen LogP contribution is -2.34. The molecule has 1 N–H and O–H groups in total. The highest BCUT2D eigenvalue weighted by atomic mass is 79.9.